The van der Waals surface area contributed by atoms with Gasteiger partial charge >= 0.3 is 0 Å². The van der Waals surface area contributed by atoms with Crippen molar-refractivity contribution in [2.45, 2.75) is 63.9 Å². The number of nitrogens with one attached hydrogen (secondary N) is 1. The normalized spacial score (nSPS) is 18.5. The highest BCUT2D eigenvalue weighted by Crippen LogP contribution is 2.28. The van der Waals surface area contributed by atoms with Crippen molar-refractivity contribution in [2.24, 2.45) is 5.92 Å². The van der Waals surface area contributed by atoms with Crippen LogP contribution in [0.25, 0.3) is 10.8 Å². The number of hydrogen-bond donors (Lipinski definition) is 1. The number of rotatable bonds is 6. The molecule has 0 unspecified atom stereocenters. The van der Waals surface area contributed by atoms with Gasteiger partial charge in [0.1, 0.15) is 5.75 Å². The van der Waals surface area contributed by atoms with Crippen LogP contribution in [0, 0.1) is 5.92 Å². The molecule has 3 heteroatoms. The zero-order valence-corrected chi connectivity index (χ0v) is 15.5. The molecular formula is C23H29NO2. The van der Waals surface area contributed by atoms with Crippen molar-refractivity contribution in [1.82, 2.24) is 5.32 Å². The molecule has 0 aromatic heterocycles. The molecular weight excluding hydrogens is 322 g/mol. The Bertz CT molecular complexity index is 760. The van der Waals surface area contributed by atoms with Crippen LogP contribution in [0.15, 0.2) is 36.4 Å². The summed E-state index contributed by atoms with van der Waals surface area (Å²) in [6.45, 7) is 0.710. The van der Waals surface area contributed by atoms with Crippen LogP contribution in [0.4, 0.5) is 0 Å². The molecule has 2 saturated carbocycles. The van der Waals surface area contributed by atoms with Crippen LogP contribution in [0.5, 0.6) is 5.75 Å². The lowest BCUT2D eigenvalue weighted by atomic mass is 9.85. The molecule has 2 fully saturated rings. The molecule has 3 nitrogen and oxygen atoms in total. The lowest BCUT2D eigenvalue weighted by Gasteiger charge is -2.24. The number of carbonyl (C=O) groups is 1. The van der Waals surface area contributed by atoms with E-state index < -0.39 is 0 Å². The number of amides is 1. The predicted octanol–water partition coefficient (Wildman–Crippen LogP) is 5.01. The minimum atomic E-state index is 0.234. The number of benzene rings is 2. The summed E-state index contributed by atoms with van der Waals surface area (Å²) in [5, 5.41) is 5.60. The molecule has 0 aliphatic heterocycles. The molecule has 0 saturated heterocycles. The lowest BCUT2D eigenvalue weighted by Crippen LogP contribution is -2.35. The summed E-state index contributed by atoms with van der Waals surface area (Å²) >= 11 is 0. The first kappa shape index (κ1) is 17.4. The van der Waals surface area contributed by atoms with Gasteiger partial charge in [0.15, 0.2) is 0 Å². The maximum atomic E-state index is 12.0. The van der Waals surface area contributed by atoms with Crippen LogP contribution in [-0.2, 0) is 11.2 Å². The van der Waals surface area contributed by atoms with Crippen LogP contribution in [-0.4, -0.2) is 18.6 Å². The molecule has 0 bridgehead atoms. The van der Waals surface area contributed by atoms with Gasteiger partial charge in [-0.3, -0.25) is 4.79 Å². The molecule has 0 atom stereocenters. The third-order valence-corrected chi connectivity index (χ3v) is 5.97. The Hall–Kier alpha value is -2.03. The molecule has 138 valence electrons. The first-order chi connectivity index (χ1) is 12.8. The van der Waals surface area contributed by atoms with Crippen molar-refractivity contribution >= 4 is 16.7 Å². The van der Waals surface area contributed by atoms with Gasteiger partial charge in [-0.2, -0.15) is 0 Å². The van der Waals surface area contributed by atoms with Gasteiger partial charge in [0.05, 0.1) is 6.10 Å². The van der Waals surface area contributed by atoms with Crippen molar-refractivity contribution < 1.29 is 9.53 Å². The highest BCUT2D eigenvalue weighted by atomic mass is 16.5. The van der Waals surface area contributed by atoms with Crippen molar-refractivity contribution in [3.63, 3.8) is 0 Å². The van der Waals surface area contributed by atoms with Gasteiger partial charge in [-0.15, -0.1) is 0 Å². The molecule has 0 heterocycles. The standard InChI is InChI=1S/C23H29NO2/c25-23(19-8-5-9-19)24-15-14-18-7-4-6-17-12-13-21(16-22(17)18)26-20-10-2-1-3-11-20/h4,6-7,12-13,16,19-20H,1-3,5,8-11,14-15H2,(H,24,25). The molecule has 2 aromatic rings. The summed E-state index contributed by atoms with van der Waals surface area (Å²) in [7, 11) is 0. The molecule has 0 spiro atoms. The van der Waals surface area contributed by atoms with Crippen molar-refractivity contribution in [3.05, 3.63) is 42.0 Å². The van der Waals surface area contributed by atoms with E-state index in [9.17, 15) is 4.79 Å². The van der Waals surface area contributed by atoms with Gasteiger partial charge in [-0.1, -0.05) is 37.1 Å². The van der Waals surface area contributed by atoms with E-state index >= 15 is 0 Å². The predicted molar refractivity (Wildman–Crippen MR) is 106 cm³/mol. The molecule has 26 heavy (non-hydrogen) atoms. The van der Waals surface area contributed by atoms with E-state index in [0.717, 1.165) is 25.0 Å². The fraction of sp³-hybridized carbons (Fsp3) is 0.522. The Labute approximate surface area is 156 Å². The summed E-state index contributed by atoms with van der Waals surface area (Å²) in [6, 6.07) is 12.9. The number of carbonyl (C=O) groups excluding carboxylic acids is 1. The lowest BCUT2D eigenvalue weighted by molar-refractivity contribution is -0.127. The Morgan fingerprint density at radius 3 is 2.62 bits per heavy atom. The van der Waals surface area contributed by atoms with Gasteiger partial charge < -0.3 is 10.1 Å². The number of hydrogen-bond acceptors (Lipinski definition) is 2. The van der Waals surface area contributed by atoms with Crippen LogP contribution in [0.2, 0.25) is 0 Å². The smallest absolute Gasteiger partial charge is 0.223 e. The second kappa shape index (κ2) is 8.11. The van der Waals surface area contributed by atoms with Gasteiger partial charge in [-0.25, -0.2) is 0 Å². The topological polar surface area (TPSA) is 38.3 Å². The second-order valence-electron chi connectivity index (χ2n) is 7.85. The van der Waals surface area contributed by atoms with E-state index in [1.54, 1.807) is 0 Å². The number of ether oxygens (including phenoxy) is 1. The molecule has 1 amide bonds. The number of fused-ring (bicyclic) bond motifs is 1. The van der Waals surface area contributed by atoms with Crippen molar-refractivity contribution in [1.29, 1.82) is 0 Å². The third kappa shape index (κ3) is 4.03. The van der Waals surface area contributed by atoms with E-state index in [-0.39, 0.29) is 11.8 Å². The van der Waals surface area contributed by atoms with Gasteiger partial charge in [0.2, 0.25) is 5.91 Å². The Morgan fingerprint density at radius 2 is 1.85 bits per heavy atom. The summed E-state index contributed by atoms with van der Waals surface area (Å²) in [5.41, 5.74) is 1.28. The van der Waals surface area contributed by atoms with Crippen molar-refractivity contribution in [3.8, 4) is 5.75 Å². The van der Waals surface area contributed by atoms with E-state index in [0.29, 0.717) is 12.6 Å². The summed E-state index contributed by atoms with van der Waals surface area (Å²) < 4.78 is 6.24. The fourth-order valence-corrected chi connectivity index (χ4v) is 4.12. The molecule has 2 aliphatic rings. The highest BCUT2D eigenvalue weighted by molar-refractivity contribution is 5.87. The highest BCUT2D eigenvalue weighted by Gasteiger charge is 2.24. The van der Waals surface area contributed by atoms with E-state index in [4.69, 9.17) is 4.74 Å². The first-order valence-corrected chi connectivity index (χ1v) is 10.3. The maximum Gasteiger partial charge on any atom is 0.223 e. The zero-order valence-electron chi connectivity index (χ0n) is 15.5. The van der Waals surface area contributed by atoms with E-state index in [1.807, 2.05) is 0 Å². The van der Waals surface area contributed by atoms with Crippen LogP contribution in [0.3, 0.4) is 0 Å². The minimum absolute atomic E-state index is 0.234. The third-order valence-electron chi connectivity index (χ3n) is 5.97. The van der Waals surface area contributed by atoms with E-state index in [2.05, 4.69) is 41.7 Å². The first-order valence-electron chi connectivity index (χ1n) is 10.3. The molecule has 2 aromatic carbocycles. The average Bonchev–Trinajstić information content (AvgIpc) is 2.61. The minimum Gasteiger partial charge on any atom is -0.490 e. The van der Waals surface area contributed by atoms with Gasteiger partial charge in [0, 0.05) is 12.5 Å². The monoisotopic (exact) mass is 351 g/mol. The molecule has 4 rings (SSSR count). The summed E-state index contributed by atoms with van der Waals surface area (Å²) in [5.74, 6) is 1.48. The maximum absolute atomic E-state index is 12.0. The Kier molecular flexibility index (Phi) is 5.42. The SMILES string of the molecule is O=C(NCCc1cccc2ccc(OC3CCCCC3)cc12)C1CCC1. The van der Waals surface area contributed by atoms with Gasteiger partial charge in [-0.05, 0) is 73.4 Å². The van der Waals surface area contributed by atoms with E-state index in [1.165, 1.54) is 54.9 Å². The molecule has 1 N–H and O–H groups in total. The molecule has 2 aliphatic carbocycles. The van der Waals surface area contributed by atoms with Gasteiger partial charge in [0.25, 0.3) is 0 Å². The zero-order chi connectivity index (χ0) is 17.8. The van der Waals surface area contributed by atoms with Crippen molar-refractivity contribution in [2.75, 3.05) is 6.54 Å². The molecule has 0 radical (unpaired) electrons. The van der Waals surface area contributed by atoms with Crippen LogP contribution >= 0.6 is 0 Å². The largest absolute Gasteiger partial charge is 0.490 e. The second-order valence-corrected chi connectivity index (χ2v) is 7.85. The average molecular weight is 351 g/mol. The quantitative estimate of drug-likeness (QED) is 0.794. The van der Waals surface area contributed by atoms with Crippen LogP contribution in [0.1, 0.15) is 56.9 Å². The fourth-order valence-electron chi connectivity index (χ4n) is 4.12. The summed E-state index contributed by atoms with van der Waals surface area (Å²) in [4.78, 5) is 12.0. The summed E-state index contributed by atoms with van der Waals surface area (Å²) in [6.07, 6.45) is 10.8. The Balaban J connectivity index is 1.43. The Morgan fingerprint density at radius 1 is 1.00 bits per heavy atom. The van der Waals surface area contributed by atoms with Crippen LogP contribution < -0.4 is 10.1 Å².